The van der Waals surface area contributed by atoms with Crippen molar-refractivity contribution in [3.63, 3.8) is 0 Å². The monoisotopic (exact) mass is 384 g/mol. The minimum absolute atomic E-state index is 0.0367. The first-order chi connectivity index (χ1) is 9.97. The molecule has 0 bridgehead atoms. The van der Waals surface area contributed by atoms with Crippen LogP contribution in [0.5, 0.6) is 5.75 Å². The minimum Gasteiger partial charge on any atom is -0.506 e. The van der Waals surface area contributed by atoms with E-state index >= 15 is 0 Å². The van der Waals surface area contributed by atoms with Crippen molar-refractivity contribution in [3.8, 4) is 5.75 Å². The van der Waals surface area contributed by atoms with E-state index in [-0.39, 0.29) is 10.9 Å². The number of hydrogen-bond donors (Lipinski definition) is 3. The Morgan fingerprint density at radius 3 is 2.67 bits per heavy atom. The zero-order valence-electron chi connectivity index (χ0n) is 10.6. The topological polar surface area (TPSA) is 61.4 Å². The molecule has 0 fully saturated rings. The summed E-state index contributed by atoms with van der Waals surface area (Å²) < 4.78 is 0.733. The van der Waals surface area contributed by atoms with Crippen molar-refractivity contribution in [3.05, 3.63) is 57.5 Å². The fraction of sp³-hybridized carbons (Fsp3) is 0. The van der Waals surface area contributed by atoms with Crippen molar-refractivity contribution in [2.75, 3.05) is 5.32 Å². The summed E-state index contributed by atoms with van der Waals surface area (Å²) >= 11 is 14.3. The number of nitrogens with one attached hydrogen (secondary N) is 2. The Bertz CT molecular complexity index is 709. The molecule has 0 aliphatic carbocycles. The van der Waals surface area contributed by atoms with Crippen LogP contribution < -0.4 is 10.6 Å². The average molecular weight is 386 g/mol. The molecular formula is C14H10BrClN2O2S. The molecule has 0 heterocycles. The van der Waals surface area contributed by atoms with Gasteiger partial charge in [0.1, 0.15) is 5.75 Å². The molecule has 0 aliphatic heterocycles. The first kappa shape index (κ1) is 15.8. The predicted molar refractivity (Wildman–Crippen MR) is 90.9 cm³/mol. The molecular weight excluding hydrogens is 376 g/mol. The molecule has 2 rings (SSSR count). The molecule has 7 heteroatoms. The van der Waals surface area contributed by atoms with Gasteiger partial charge in [-0.3, -0.25) is 10.1 Å². The third kappa shape index (κ3) is 4.17. The maximum absolute atomic E-state index is 12.1. The van der Waals surface area contributed by atoms with E-state index in [1.165, 1.54) is 6.07 Å². The van der Waals surface area contributed by atoms with E-state index in [0.29, 0.717) is 16.3 Å². The lowest BCUT2D eigenvalue weighted by atomic mass is 10.2. The molecule has 4 nitrogen and oxygen atoms in total. The van der Waals surface area contributed by atoms with Gasteiger partial charge in [0, 0.05) is 4.47 Å². The van der Waals surface area contributed by atoms with Crippen LogP contribution >= 0.6 is 39.7 Å². The van der Waals surface area contributed by atoms with Crippen LogP contribution in [-0.2, 0) is 0 Å². The third-order valence-corrected chi connectivity index (χ3v) is 3.58. The summed E-state index contributed by atoms with van der Waals surface area (Å²) in [5, 5.41) is 15.3. The molecule has 108 valence electrons. The number of phenols is 1. The zero-order valence-corrected chi connectivity index (χ0v) is 13.7. The molecule has 2 aromatic carbocycles. The number of benzene rings is 2. The number of anilines is 1. The Hall–Kier alpha value is -1.63. The van der Waals surface area contributed by atoms with Crippen LogP contribution in [0.1, 0.15) is 10.4 Å². The fourth-order valence-corrected chi connectivity index (χ4v) is 2.34. The third-order valence-electron chi connectivity index (χ3n) is 2.55. The molecule has 0 spiro atoms. The standard InChI is InChI=1S/C14H10BrClN2O2S/c15-8-5-6-10(16)9(7-8)13(20)18-14(21)17-11-3-1-2-4-12(11)19/h1-7,19H,(H2,17,18,20,21). The number of amides is 1. The number of hydrogen-bond acceptors (Lipinski definition) is 3. The number of carbonyl (C=O) groups is 1. The molecule has 3 N–H and O–H groups in total. The Morgan fingerprint density at radius 2 is 1.95 bits per heavy atom. The molecule has 0 unspecified atom stereocenters. The average Bonchev–Trinajstić information content (AvgIpc) is 2.44. The van der Waals surface area contributed by atoms with Crippen LogP contribution in [0.15, 0.2) is 46.9 Å². The summed E-state index contributed by atoms with van der Waals surface area (Å²) in [6, 6.07) is 11.5. The minimum atomic E-state index is -0.436. The molecule has 0 aromatic heterocycles. The molecule has 1 amide bonds. The summed E-state index contributed by atoms with van der Waals surface area (Å²) in [6.45, 7) is 0. The van der Waals surface area contributed by atoms with Crippen LogP contribution in [-0.4, -0.2) is 16.1 Å². The Labute approximate surface area is 140 Å². The highest BCUT2D eigenvalue weighted by atomic mass is 79.9. The van der Waals surface area contributed by atoms with Gasteiger partial charge in [0.25, 0.3) is 5.91 Å². The van der Waals surface area contributed by atoms with Crippen molar-refractivity contribution < 1.29 is 9.90 Å². The van der Waals surface area contributed by atoms with Gasteiger partial charge < -0.3 is 10.4 Å². The van der Waals surface area contributed by atoms with Crippen molar-refractivity contribution >= 4 is 56.5 Å². The number of halogens is 2. The highest BCUT2D eigenvalue weighted by Gasteiger charge is 2.13. The van der Waals surface area contributed by atoms with Gasteiger partial charge in [0.15, 0.2) is 5.11 Å². The second-order valence-electron chi connectivity index (χ2n) is 4.05. The lowest BCUT2D eigenvalue weighted by Gasteiger charge is -2.11. The van der Waals surface area contributed by atoms with Crippen LogP contribution in [0.3, 0.4) is 0 Å². The Morgan fingerprint density at radius 1 is 1.24 bits per heavy atom. The first-order valence-corrected chi connectivity index (χ1v) is 7.40. The number of aromatic hydroxyl groups is 1. The summed E-state index contributed by atoms with van der Waals surface area (Å²) in [4.78, 5) is 12.1. The summed E-state index contributed by atoms with van der Waals surface area (Å²) in [5.74, 6) is -0.399. The smallest absolute Gasteiger partial charge is 0.258 e. The largest absolute Gasteiger partial charge is 0.506 e. The molecule has 0 atom stereocenters. The maximum Gasteiger partial charge on any atom is 0.258 e. The van der Waals surface area contributed by atoms with Gasteiger partial charge in [0.05, 0.1) is 16.3 Å². The molecule has 0 saturated heterocycles. The van der Waals surface area contributed by atoms with Crippen LogP contribution in [0.25, 0.3) is 0 Å². The lowest BCUT2D eigenvalue weighted by molar-refractivity contribution is 0.0978. The highest BCUT2D eigenvalue weighted by Crippen LogP contribution is 2.22. The van der Waals surface area contributed by atoms with E-state index < -0.39 is 5.91 Å². The second-order valence-corrected chi connectivity index (χ2v) is 5.78. The molecule has 0 radical (unpaired) electrons. The van der Waals surface area contributed by atoms with Gasteiger partial charge in [-0.05, 0) is 42.5 Å². The molecule has 2 aromatic rings. The van der Waals surface area contributed by atoms with Crippen molar-refractivity contribution in [2.45, 2.75) is 0 Å². The van der Waals surface area contributed by atoms with E-state index in [1.807, 2.05) is 0 Å². The van der Waals surface area contributed by atoms with Crippen molar-refractivity contribution in [2.24, 2.45) is 0 Å². The molecule has 0 aliphatic rings. The van der Waals surface area contributed by atoms with Crippen LogP contribution in [0.2, 0.25) is 5.02 Å². The van der Waals surface area contributed by atoms with E-state index in [9.17, 15) is 9.90 Å². The number of carbonyl (C=O) groups excluding carboxylic acids is 1. The van der Waals surface area contributed by atoms with E-state index in [0.717, 1.165) is 4.47 Å². The Balaban J connectivity index is 2.08. The van der Waals surface area contributed by atoms with E-state index in [4.69, 9.17) is 23.8 Å². The first-order valence-electron chi connectivity index (χ1n) is 5.83. The van der Waals surface area contributed by atoms with Gasteiger partial charge in [-0.1, -0.05) is 39.7 Å². The predicted octanol–water partition coefficient (Wildman–Crippen LogP) is 3.93. The quantitative estimate of drug-likeness (QED) is 0.541. The number of thiocarbonyl (C=S) groups is 1. The van der Waals surface area contributed by atoms with Crippen LogP contribution in [0.4, 0.5) is 5.69 Å². The number of para-hydroxylation sites is 2. The van der Waals surface area contributed by atoms with Crippen molar-refractivity contribution in [1.29, 1.82) is 0 Å². The maximum atomic E-state index is 12.1. The molecule has 21 heavy (non-hydrogen) atoms. The van der Waals surface area contributed by atoms with Crippen molar-refractivity contribution in [1.82, 2.24) is 5.32 Å². The van der Waals surface area contributed by atoms with E-state index in [2.05, 4.69) is 26.6 Å². The molecule has 0 saturated carbocycles. The zero-order chi connectivity index (χ0) is 15.4. The summed E-state index contributed by atoms with van der Waals surface area (Å²) in [6.07, 6.45) is 0. The highest BCUT2D eigenvalue weighted by molar-refractivity contribution is 9.10. The Kier molecular flexibility index (Phi) is 5.17. The summed E-state index contributed by atoms with van der Waals surface area (Å²) in [7, 11) is 0. The SMILES string of the molecule is O=C(NC(=S)Nc1ccccc1O)c1cc(Br)ccc1Cl. The lowest BCUT2D eigenvalue weighted by Crippen LogP contribution is -2.34. The number of phenolic OH excluding ortho intramolecular Hbond substituents is 1. The number of rotatable bonds is 2. The van der Waals surface area contributed by atoms with Gasteiger partial charge >= 0.3 is 0 Å². The van der Waals surface area contributed by atoms with Gasteiger partial charge in [0.2, 0.25) is 0 Å². The summed E-state index contributed by atoms with van der Waals surface area (Å²) in [5.41, 5.74) is 0.704. The fourth-order valence-electron chi connectivity index (χ4n) is 1.57. The normalized spacial score (nSPS) is 10.0. The second kappa shape index (κ2) is 6.89. The van der Waals surface area contributed by atoms with Gasteiger partial charge in [-0.2, -0.15) is 0 Å². The van der Waals surface area contributed by atoms with Gasteiger partial charge in [-0.15, -0.1) is 0 Å². The van der Waals surface area contributed by atoms with Gasteiger partial charge in [-0.25, -0.2) is 0 Å². The van der Waals surface area contributed by atoms with Crippen LogP contribution in [0, 0.1) is 0 Å². The van der Waals surface area contributed by atoms with E-state index in [1.54, 1.807) is 36.4 Å².